The third-order valence-electron chi connectivity index (χ3n) is 3.66. The number of carbonyl (C=O) groups is 1. The highest BCUT2D eigenvalue weighted by Crippen LogP contribution is 2.28. The summed E-state index contributed by atoms with van der Waals surface area (Å²) in [5, 5.41) is 2.56. The zero-order valence-electron chi connectivity index (χ0n) is 15.3. The summed E-state index contributed by atoms with van der Waals surface area (Å²) in [4.78, 5) is 11.7. The summed E-state index contributed by atoms with van der Waals surface area (Å²) in [6.45, 7) is 3.49. The molecule has 6 heteroatoms. The van der Waals surface area contributed by atoms with Gasteiger partial charge in [-0.3, -0.25) is 4.79 Å². The number of allylic oxidation sites excluding steroid dienone is 4. The number of hydrogen-bond donors (Lipinski definition) is 2. The van der Waals surface area contributed by atoms with Gasteiger partial charge in [-0.15, -0.1) is 0 Å². The summed E-state index contributed by atoms with van der Waals surface area (Å²) in [7, 11) is 1.56. The first kappa shape index (κ1) is 21.7. The van der Waals surface area contributed by atoms with Crippen molar-refractivity contribution in [1.82, 2.24) is 5.32 Å². The molecule has 0 aliphatic carbocycles. The van der Waals surface area contributed by atoms with E-state index in [0.29, 0.717) is 17.6 Å². The van der Waals surface area contributed by atoms with E-state index in [4.69, 9.17) is 5.73 Å². The van der Waals surface area contributed by atoms with Gasteiger partial charge in [-0.2, -0.15) is 13.2 Å². The molecule has 0 aromatic heterocycles. The maximum Gasteiger partial charge on any atom is 0.416 e. The molecule has 1 aromatic carbocycles. The largest absolute Gasteiger partial charge is 0.416 e. The van der Waals surface area contributed by atoms with Gasteiger partial charge in [0.25, 0.3) is 5.91 Å². The fourth-order valence-electron chi connectivity index (χ4n) is 2.49. The van der Waals surface area contributed by atoms with Crippen LogP contribution < -0.4 is 11.1 Å². The normalized spacial score (nSPS) is 13.7. The highest BCUT2D eigenvalue weighted by atomic mass is 19.4. The monoisotopic (exact) mass is 366 g/mol. The lowest BCUT2D eigenvalue weighted by molar-refractivity contribution is -0.0884. The molecule has 0 aliphatic rings. The second-order valence-electron chi connectivity index (χ2n) is 5.94. The fraction of sp³-hybridized carbons (Fsp3) is 0.350. The number of nitrogens with one attached hydrogen (secondary N) is 1. The van der Waals surface area contributed by atoms with Crippen LogP contribution in [0.5, 0.6) is 0 Å². The Bertz CT molecular complexity index is 716. The molecule has 0 saturated carbocycles. The van der Waals surface area contributed by atoms with Gasteiger partial charge in [-0.1, -0.05) is 36.8 Å². The Morgan fingerprint density at radius 1 is 1.27 bits per heavy atom. The minimum atomic E-state index is -4.40. The van der Waals surface area contributed by atoms with Gasteiger partial charge in [0, 0.05) is 19.2 Å². The number of nitrogens with two attached hydrogens (primary N) is 1. The number of halogens is 3. The van der Waals surface area contributed by atoms with Crippen LogP contribution in [0.2, 0.25) is 0 Å². The van der Waals surface area contributed by atoms with Crippen LogP contribution in [0.25, 0.3) is 0 Å². The lowest BCUT2D eigenvalue weighted by Gasteiger charge is -2.10. The summed E-state index contributed by atoms with van der Waals surface area (Å²) in [5.41, 5.74) is 7.63. The van der Waals surface area contributed by atoms with Crippen molar-refractivity contribution >= 4 is 5.91 Å². The van der Waals surface area contributed by atoms with E-state index in [1.54, 1.807) is 38.2 Å². The first-order valence-electron chi connectivity index (χ1n) is 8.37. The Morgan fingerprint density at radius 3 is 2.50 bits per heavy atom. The van der Waals surface area contributed by atoms with Crippen molar-refractivity contribution < 1.29 is 18.0 Å². The van der Waals surface area contributed by atoms with Gasteiger partial charge in [0.2, 0.25) is 0 Å². The first-order valence-corrected chi connectivity index (χ1v) is 8.37. The number of hydrogen-bond acceptors (Lipinski definition) is 2. The SMILES string of the molecule is CC/C=C(/C=C(\C=C(/C)Cc1cccc(C(=O)NC)c1)CN)C(F)(F)F. The Balaban J connectivity index is 3.05. The van der Waals surface area contributed by atoms with E-state index in [-0.39, 0.29) is 18.9 Å². The van der Waals surface area contributed by atoms with Crippen molar-refractivity contribution in [1.29, 1.82) is 0 Å². The van der Waals surface area contributed by atoms with E-state index >= 15 is 0 Å². The minimum absolute atomic E-state index is 0.00670. The van der Waals surface area contributed by atoms with Crippen LogP contribution in [-0.2, 0) is 6.42 Å². The molecule has 1 aromatic rings. The number of carbonyl (C=O) groups excluding carboxylic acids is 1. The van der Waals surface area contributed by atoms with E-state index in [0.717, 1.165) is 23.3 Å². The fourth-order valence-corrected chi connectivity index (χ4v) is 2.49. The number of benzene rings is 1. The van der Waals surface area contributed by atoms with Crippen LogP contribution in [0.4, 0.5) is 13.2 Å². The van der Waals surface area contributed by atoms with Crippen molar-refractivity contribution in [3.05, 3.63) is 70.3 Å². The molecule has 0 atom stereocenters. The second-order valence-corrected chi connectivity index (χ2v) is 5.94. The average molecular weight is 366 g/mol. The Hall–Kier alpha value is -2.34. The van der Waals surface area contributed by atoms with E-state index < -0.39 is 11.7 Å². The van der Waals surface area contributed by atoms with Gasteiger partial charge in [0.1, 0.15) is 0 Å². The van der Waals surface area contributed by atoms with Crippen molar-refractivity contribution in [2.45, 2.75) is 32.9 Å². The molecule has 26 heavy (non-hydrogen) atoms. The molecule has 1 rings (SSSR count). The van der Waals surface area contributed by atoms with Crippen molar-refractivity contribution in [3.63, 3.8) is 0 Å². The Labute approximate surface area is 152 Å². The Morgan fingerprint density at radius 2 is 1.96 bits per heavy atom. The topological polar surface area (TPSA) is 55.1 Å². The van der Waals surface area contributed by atoms with Crippen LogP contribution in [0.15, 0.2) is 59.2 Å². The van der Waals surface area contributed by atoms with Gasteiger partial charge < -0.3 is 11.1 Å². The maximum absolute atomic E-state index is 13.0. The highest BCUT2D eigenvalue weighted by Gasteiger charge is 2.31. The van der Waals surface area contributed by atoms with Crippen molar-refractivity contribution in [2.24, 2.45) is 5.73 Å². The minimum Gasteiger partial charge on any atom is -0.355 e. The number of alkyl halides is 3. The highest BCUT2D eigenvalue weighted by molar-refractivity contribution is 5.94. The molecule has 0 fully saturated rings. The van der Waals surface area contributed by atoms with Crippen LogP contribution in [0.3, 0.4) is 0 Å². The molecule has 142 valence electrons. The second kappa shape index (κ2) is 9.97. The summed E-state index contributed by atoms with van der Waals surface area (Å²) in [6.07, 6.45) is 0.306. The van der Waals surface area contributed by atoms with Gasteiger partial charge in [-0.25, -0.2) is 0 Å². The van der Waals surface area contributed by atoms with Crippen LogP contribution >= 0.6 is 0 Å². The summed E-state index contributed by atoms with van der Waals surface area (Å²) in [6, 6.07) is 7.12. The quantitative estimate of drug-likeness (QED) is 0.706. The van der Waals surface area contributed by atoms with Crippen molar-refractivity contribution in [3.8, 4) is 0 Å². The number of rotatable bonds is 7. The standard InChI is InChI=1S/C20H25F3N2O/c1-4-6-18(20(21,22)23)12-16(13-24)10-14(2)9-15-7-5-8-17(11-15)19(26)25-3/h5-8,10-12H,4,9,13,24H2,1-3H3,(H,25,26)/b14-10+,16-12+,18-6-. The number of amides is 1. The lowest BCUT2D eigenvalue weighted by Crippen LogP contribution is -2.17. The molecule has 0 aliphatic heterocycles. The van der Waals surface area contributed by atoms with Gasteiger partial charge >= 0.3 is 6.18 Å². The predicted octanol–water partition coefficient (Wildman–Crippen LogP) is 4.32. The van der Waals surface area contributed by atoms with Gasteiger partial charge in [0.15, 0.2) is 0 Å². The molecule has 0 radical (unpaired) electrons. The van der Waals surface area contributed by atoms with E-state index in [9.17, 15) is 18.0 Å². The van der Waals surface area contributed by atoms with Gasteiger partial charge in [0.05, 0.1) is 5.57 Å². The van der Waals surface area contributed by atoms with Crippen molar-refractivity contribution in [2.75, 3.05) is 13.6 Å². The molecule has 0 heterocycles. The lowest BCUT2D eigenvalue weighted by atomic mass is 10.0. The molecular formula is C20H25F3N2O. The van der Waals surface area contributed by atoms with E-state index in [1.807, 2.05) is 13.0 Å². The molecule has 3 N–H and O–H groups in total. The maximum atomic E-state index is 13.0. The molecule has 0 saturated heterocycles. The summed E-state index contributed by atoms with van der Waals surface area (Å²) < 4.78 is 39.1. The third-order valence-corrected chi connectivity index (χ3v) is 3.66. The van der Waals surface area contributed by atoms with Crippen LogP contribution in [0.1, 0.15) is 36.2 Å². The zero-order chi connectivity index (χ0) is 19.7. The average Bonchev–Trinajstić information content (AvgIpc) is 2.59. The molecule has 3 nitrogen and oxygen atoms in total. The molecular weight excluding hydrogens is 341 g/mol. The smallest absolute Gasteiger partial charge is 0.355 e. The van der Waals surface area contributed by atoms with E-state index in [1.165, 1.54) is 0 Å². The van der Waals surface area contributed by atoms with Gasteiger partial charge in [-0.05, 0) is 49.1 Å². The summed E-state index contributed by atoms with van der Waals surface area (Å²) >= 11 is 0. The summed E-state index contributed by atoms with van der Waals surface area (Å²) in [5.74, 6) is -0.185. The molecule has 0 unspecified atom stereocenters. The first-order chi connectivity index (χ1) is 12.2. The van der Waals surface area contributed by atoms with E-state index in [2.05, 4.69) is 5.32 Å². The van der Waals surface area contributed by atoms with Crippen LogP contribution in [-0.4, -0.2) is 25.7 Å². The molecule has 1 amide bonds. The zero-order valence-corrected chi connectivity index (χ0v) is 15.3. The third kappa shape index (κ3) is 6.88. The molecule has 0 bridgehead atoms. The molecule has 0 spiro atoms. The Kier molecular flexibility index (Phi) is 8.32. The predicted molar refractivity (Wildman–Crippen MR) is 98.9 cm³/mol. The van der Waals surface area contributed by atoms with Crippen LogP contribution in [0, 0.1) is 0 Å².